The summed E-state index contributed by atoms with van der Waals surface area (Å²) in [5.74, 6) is 0.250. The lowest BCUT2D eigenvalue weighted by Gasteiger charge is -2.07. The first-order valence-electron chi connectivity index (χ1n) is 5.37. The van der Waals surface area contributed by atoms with E-state index >= 15 is 0 Å². The molecule has 2 heterocycles. The highest BCUT2D eigenvalue weighted by molar-refractivity contribution is 6.33. The molecular weight excluding hydrogens is 274 g/mol. The normalized spacial score (nSPS) is 12.7. The third-order valence-corrected chi connectivity index (χ3v) is 3.13. The Morgan fingerprint density at radius 1 is 1.42 bits per heavy atom. The number of aromatic carboxylic acids is 1. The van der Waals surface area contributed by atoms with Crippen LogP contribution < -0.4 is 9.47 Å². The van der Waals surface area contributed by atoms with Crippen LogP contribution >= 0.6 is 11.6 Å². The predicted molar refractivity (Wildman–Crippen MR) is 64.8 cm³/mol. The summed E-state index contributed by atoms with van der Waals surface area (Å²) in [6.45, 7) is 1.92. The van der Waals surface area contributed by atoms with Crippen LogP contribution in [0, 0.1) is 6.92 Å². The molecule has 6 nitrogen and oxygen atoms in total. The van der Waals surface area contributed by atoms with Crippen LogP contribution in [0.15, 0.2) is 16.7 Å². The van der Waals surface area contributed by atoms with E-state index in [9.17, 15) is 4.79 Å². The lowest BCUT2D eigenvalue weighted by molar-refractivity contribution is 0.0686. The van der Waals surface area contributed by atoms with E-state index in [0.29, 0.717) is 27.6 Å². The van der Waals surface area contributed by atoms with Crippen molar-refractivity contribution >= 4 is 17.6 Å². The van der Waals surface area contributed by atoms with E-state index < -0.39 is 5.97 Å². The molecule has 0 fully saturated rings. The van der Waals surface area contributed by atoms with Gasteiger partial charge in [0.05, 0.1) is 5.02 Å². The van der Waals surface area contributed by atoms with Gasteiger partial charge in [-0.25, -0.2) is 4.79 Å². The first-order valence-corrected chi connectivity index (χ1v) is 5.75. The molecule has 1 aromatic heterocycles. The van der Waals surface area contributed by atoms with E-state index in [1.807, 2.05) is 0 Å². The molecule has 0 saturated heterocycles. The molecule has 19 heavy (non-hydrogen) atoms. The summed E-state index contributed by atoms with van der Waals surface area (Å²) in [5, 5.41) is 12.7. The van der Waals surface area contributed by atoms with Crippen molar-refractivity contribution in [1.82, 2.24) is 5.16 Å². The first-order chi connectivity index (χ1) is 9.08. The van der Waals surface area contributed by atoms with Crippen LogP contribution in [-0.2, 0) is 0 Å². The Morgan fingerprint density at radius 3 is 2.89 bits per heavy atom. The zero-order valence-corrected chi connectivity index (χ0v) is 10.5. The molecule has 7 heteroatoms. The van der Waals surface area contributed by atoms with E-state index in [1.165, 1.54) is 6.07 Å². The molecule has 0 spiro atoms. The van der Waals surface area contributed by atoms with E-state index in [-0.39, 0.29) is 18.2 Å². The summed E-state index contributed by atoms with van der Waals surface area (Å²) < 4.78 is 15.6. The van der Waals surface area contributed by atoms with Crippen LogP contribution in [0.3, 0.4) is 0 Å². The van der Waals surface area contributed by atoms with Gasteiger partial charge in [0.25, 0.3) is 0 Å². The Balaban J connectivity index is 2.16. The number of fused-ring (bicyclic) bond motifs is 1. The van der Waals surface area contributed by atoms with Gasteiger partial charge in [-0.3, -0.25) is 0 Å². The number of hydrogen-bond acceptors (Lipinski definition) is 5. The number of carbonyl (C=O) groups is 1. The van der Waals surface area contributed by atoms with E-state index in [4.69, 9.17) is 30.7 Å². The topological polar surface area (TPSA) is 81.8 Å². The number of aromatic nitrogens is 1. The largest absolute Gasteiger partial charge is 0.476 e. The summed E-state index contributed by atoms with van der Waals surface area (Å²) in [6.07, 6.45) is 0. The summed E-state index contributed by atoms with van der Waals surface area (Å²) in [4.78, 5) is 10.8. The van der Waals surface area contributed by atoms with Crippen molar-refractivity contribution in [1.29, 1.82) is 0 Å². The average molecular weight is 282 g/mol. The number of nitrogens with zero attached hydrogens (tertiary/aromatic N) is 1. The predicted octanol–water partition coefficient (Wildman–Crippen LogP) is 2.73. The maximum Gasteiger partial charge on any atom is 0.358 e. The SMILES string of the molecule is Cc1c2c(cc(Cl)c1-c1cc(C(=O)O)no1)OCO2. The number of carboxylic acid groups (broad SMARTS) is 1. The standard InChI is InChI=1S/C12H8ClNO5/c1-5-10(8-3-7(12(15)16)14-19-8)6(13)2-9-11(5)18-4-17-9/h2-3H,4H2,1H3,(H,15,16). The number of benzene rings is 1. The van der Waals surface area contributed by atoms with Crippen molar-refractivity contribution in [3.05, 3.63) is 28.4 Å². The molecular formula is C12H8ClNO5. The van der Waals surface area contributed by atoms with Crippen LogP contribution in [0.1, 0.15) is 16.1 Å². The fraction of sp³-hybridized carbons (Fsp3) is 0.167. The third kappa shape index (κ3) is 1.80. The second kappa shape index (κ2) is 4.17. The minimum absolute atomic E-state index is 0.132. The maximum absolute atomic E-state index is 10.8. The number of hydrogen-bond donors (Lipinski definition) is 1. The third-order valence-electron chi connectivity index (χ3n) is 2.83. The zero-order valence-electron chi connectivity index (χ0n) is 9.77. The highest BCUT2D eigenvalue weighted by Crippen LogP contribution is 2.45. The lowest BCUT2D eigenvalue weighted by Crippen LogP contribution is -1.94. The van der Waals surface area contributed by atoms with Gasteiger partial charge in [0.1, 0.15) is 0 Å². The van der Waals surface area contributed by atoms with Crippen molar-refractivity contribution in [2.45, 2.75) is 6.92 Å². The van der Waals surface area contributed by atoms with Gasteiger partial charge in [0.15, 0.2) is 23.0 Å². The Morgan fingerprint density at radius 2 is 2.21 bits per heavy atom. The first kappa shape index (κ1) is 11.9. The quantitative estimate of drug-likeness (QED) is 0.911. The molecule has 3 rings (SSSR count). The lowest BCUT2D eigenvalue weighted by atomic mass is 10.0. The number of halogens is 1. The summed E-state index contributed by atoms with van der Waals surface area (Å²) in [6, 6.07) is 2.92. The van der Waals surface area contributed by atoms with Crippen molar-refractivity contribution in [2.75, 3.05) is 6.79 Å². The maximum atomic E-state index is 10.8. The monoisotopic (exact) mass is 281 g/mol. The molecule has 0 bridgehead atoms. The smallest absolute Gasteiger partial charge is 0.358 e. The molecule has 1 aromatic carbocycles. The molecule has 1 aliphatic rings. The molecule has 0 atom stereocenters. The highest BCUT2D eigenvalue weighted by atomic mass is 35.5. The molecule has 0 saturated carbocycles. The van der Waals surface area contributed by atoms with E-state index in [0.717, 1.165) is 0 Å². The van der Waals surface area contributed by atoms with Crippen LogP contribution in [0.4, 0.5) is 0 Å². The molecule has 0 amide bonds. The van der Waals surface area contributed by atoms with Gasteiger partial charge in [0, 0.05) is 23.3 Å². The van der Waals surface area contributed by atoms with E-state index in [2.05, 4.69) is 5.16 Å². The second-order valence-electron chi connectivity index (χ2n) is 3.97. The second-order valence-corrected chi connectivity index (χ2v) is 4.38. The van der Waals surface area contributed by atoms with Crippen LogP contribution in [0.2, 0.25) is 5.02 Å². The van der Waals surface area contributed by atoms with Gasteiger partial charge in [-0.1, -0.05) is 16.8 Å². The number of carboxylic acids is 1. The molecule has 1 N–H and O–H groups in total. The van der Waals surface area contributed by atoms with Crippen molar-refractivity contribution < 1.29 is 23.9 Å². The van der Waals surface area contributed by atoms with Crippen molar-refractivity contribution in [3.63, 3.8) is 0 Å². The molecule has 0 radical (unpaired) electrons. The van der Waals surface area contributed by atoms with Gasteiger partial charge in [-0.05, 0) is 6.92 Å². The summed E-state index contributed by atoms with van der Waals surface area (Å²) in [7, 11) is 0. The molecule has 98 valence electrons. The van der Waals surface area contributed by atoms with Crippen LogP contribution in [-0.4, -0.2) is 23.0 Å². The summed E-state index contributed by atoms with van der Waals surface area (Å²) in [5.41, 5.74) is 1.09. The molecule has 2 aromatic rings. The Kier molecular flexibility index (Phi) is 2.60. The van der Waals surface area contributed by atoms with E-state index in [1.54, 1.807) is 13.0 Å². The van der Waals surface area contributed by atoms with Crippen LogP contribution in [0.25, 0.3) is 11.3 Å². The van der Waals surface area contributed by atoms with Crippen molar-refractivity contribution in [2.24, 2.45) is 0 Å². The minimum atomic E-state index is -1.16. The van der Waals surface area contributed by atoms with Gasteiger partial charge < -0.3 is 19.1 Å². The molecule has 1 aliphatic heterocycles. The molecule has 0 aliphatic carbocycles. The Labute approximate surface area is 112 Å². The van der Waals surface area contributed by atoms with Gasteiger partial charge >= 0.3 is 5.97 Å². The fourth-order valence-corrected chi connectivity index (χ4v) is 2.30. The summed E-state index contributed by atoms with van der Waals surface area (Å²) >= 11 is 6.17. The van der Waals surface area contributed by atoms with Crippen LogP contribution in [0.5, 0.6) is 11.5 Å². The highest BCUT2D eigenvalue weighted by Gasteiger charge is 2.24. The molecule has 0 unspecified atom stereocenters. The Bertz CT molecular complexity index is 679. The Hall–Kier alpha value is -2.21. The number of ether oxygens (including phenoxy) is 2. The van der Waals surface area contributed by atoms with Gasteiger partial charge in [-0.2, -0.15) is 0 Å². The number of rotatable bonds is 2. The fourth-order valence-electron chi connectivity index (χ4n) is 1.97. The average Bonchev–Trinajstić information content (AvgIpc) is 2.97. The van der Waals surface area contributed by atoms with Gasteiger partial charge in [-0.15, -0.1) is 0 Å². The van der Waals surface area contributed by atoms with Crippen molar-refractivity contribution in [3.8, 4) is 22.8 Å². The van der Waals surface area contributed by atoms with Gasteiger partial charge in [0.2, 0.25) is 6.79 Å². The zero-order chi connectivity index (χ0) is 13.6. The minimum Gasteiger partial charge on any atom is -0.476 e.